The zero-order chi connectivity index (χ0) is 13.3. The Morgan fingerprint density at radius 1 is 1.67 bits per heavy atom. The van der Waals surface area contributed by atoms with Crippen molar-refractivity contribution in [3.05, 3.63) is 34.0 Å². The summed E-state index contributed by atoms with van der Waals surface area (Å²) in [6.07, 6.45) is -0.616. The van der Waals surface area contributed by atoms with Crippen LogP contribution in [0.15, 0.2) is 18.2 Å². The number of aliphatic hydroxyl groups is 1. The van der Waals surface area contributed by atoms with Crippen LogP contribution in [-0.4, -0.2) is 25.9 Å². The van der Waals surface area contributed by atoms with Crippen molar-refractivity contribution >= 4 is 16.6 Å². The first-order valence-corrected chi connectivity index (χ1v) is 5.26. The molecule has 1 atom stereocenters. The van der Waals surface area contributed by atoms with E-state index >= 15 is 0 Å². The molecule has 0 bridgehead atoms. The highest BCUT2D eigenvalue weighted by molar-refractivity contribution is 5.86. The van der Waals surface area contributed by atoms with E-state index in [0.29, 0.717) is 10.9 Å². The lowest BCUT2D eigenvalue weighted by atomic mass is 10.2. The highest BCUT2D eigenvalue weighted by atomic mass is 16.6. The van der Waals surface area contributed by atoms with Crippen LogP contribution in [0.5, 0.6) is 0 Å². The molecule has 2 rings (SSSR count). The average molecular weight is 246 g/mol. The van der Waals surface area contributed by atoms with Crippen molar-refractivity contribution in [1.82, 2.24) is 9.78 Å². The van der Waals surface area contributed by atoms with Crippen molar-refractivity contribution in [2.75, 3.05) is 0 Å². The molecule has 1 N–H and O–H groups in total. The summed E-state index contributed by atoms with van der Waals surface area (Å²) in [5.41, 5.74) is 0.628. The fourth-order valence-electron chi connectivity index (χ4n) is 1.75. The van der Waals surface area contributed by atoms with Crippen LogP contribution in [0.1, 0.15) is 12.6 Å². The summed E-state index contributed by atoms with van der Waals surface area (Å²) in [6.45, 7) is 1.83. The number of hydrogen-bond acceptors (Lipinski definition) is 5. The van der Waals surface area contributed by atoms with E-state index in [4.69, 9.17) is 5.26 Å². The van der Waals surface area contributed by atoms with E-state index in [1.165, 1.54) is 22.9 Å². The second-order valence-electron chi connectivity index (χ2n) is 3.95. The Balaban J connectivity index is 2.64. The van der Waals surface area contributed by atoms with Crippen LogP contribution in [0.4, 0.5) is 5.69 Å². The number of nitriles is 1. The van der Waals surface area contributed by atoms with E-state index in [2.05, 4.69) is 5.10 Å². The first-order valence-electron chi connectivity index (χ1n) is 5.26. The highest BCUT2D eigenvalue weighted by Crippen LogP contribution is 2.23. The molecule has 2 aromatic rings. The zero-order valence-corrected chi connectivity index (χ0v) is 9.57. The van der Waals surface area contributed by atoms with Gasteiger partial charge in [0.15, 0.2) is 5.69 Å². The quantitative estimate of drug-likeness (QED) is 0.647. The Morgan fingerprint density at radius 2 is 2.39 bits per heavy atom. The average Bonchev–Trinajstić information content (AvgIpc) is 2.66. The molecule has 18 heavy (non-hydrogen) atoms. The molecule has 1 aromatic heterocycles. The summed E-state index contributed by atoms with van der Waals surface area (Å²) in [5.74, 6) is 0. The van der Waals surface area contributed by atoms with Crippen LogP contribution in [0.25, 0.3) is 10.9 Å². The lowest BCUT2D eigenvalue weighted by Crippen LogP contribution is -2.12. The van der Waals surface area contributed by atoms with Crippen molar-refractivity contribution < 1.29 is 10.0 Å². The number of rotatable bonds is 3. The summed E-state index contributed by atoms with van der Waals surface area (Å²) in [4.78, 5) is 10.2. The molecular formula is C11H10N4O3. The first-order chi connectivity index (χ1) is 8.52. The number of aromatic nitrogens is 2. The maximum atomic E-state index is 10.7. The number of nitro benzene ring substituents is 1. The molecular weight excluding hydrogens is 236 g/mol. The number of non-ortho nitro benzene ring substituents is 1. The predicted molar refractivity (Wildman–Crippen MR) is 62.8 cm³/mol. The van der Waals surface area contributed by atoms with Gasteiger partial charge in [-0.15, -0.1) is 0 Å². The second kappa shape index (κ2) is 4.43. The summed E-state index contributed by atoms with van der Waals surface area (Å²) in [6, 6.07) is 6.09. The lowest BCUT2D eigenvalue weighted by Gasteiger charge is -2.05. The molecule has 0 saturated heterocycles. The van der Waals surface area contributed by atoms with Gasteiger partial charge in [-0.1, -0.05) is 0 Å². The van der Waals surface area contributed by atoms with E-state index in [9.17, 15) is 15.2 Å². The largest absolute Gasteiger partial charge is 0.391 e. The normalized spacial score (nSPS) is 12.3. The third kappa shape index (κ3) is 2.01. The number of hydrogen-bond donors (Lipinski definition) is 1. The van der Waals surface area contributed by atoms with Crippen LogP contribution in [0, 0.1) is 21.4 Å². The maximum absolute atomic E-state index is 10.7. The van der Waals surface area contributed by atoms with Gasteiger partial charge in [0, 0.05) is 17.5 Å². The molecule has 1 heterocycles. The molecule has 0 aliphatic rings. The summed E-state index contributed by atoms with van der Waals surface area (Å²) < 4.78 is 1.47. The number of nitrogens with zero attached hydrogens (tertiary/aromatic N) is 4. The number of benzene rings is 1. The minimum atomic E-state index is -0.616. The smallest absolute Gasteiger partial charge is 0.270 e. The predicted octanol–water partition coefficient (Wildman–Crippen LogP) is 1.20. The van der Waals surface area contributed by atoms with Crippen LogP contribution >= 0.6 is 0 Å². The van der Waals surface area contributed by atoms with Gasteiger partial charge in [-0.05, 0) is 13.0 Å². The van der Waals surface area contributed by atoms with Gasteiger partial charge in [0.05, 0.1) is 23.1 Å². The second-order valence-corrected chi connectivity index (χ2v) is 3.95. The van der Waals surface area contributed by atoms with Gasteiger partial charge >= 0.3 is 0 Å². The monoisotopic (exact) mass is 246 g/mol. The molecule has 7 nitrogen and oxygen atoms in total. The van der Waals surface area contributed by atoms with Gasteiger partial charge in [0.1, 0.15) is 6.07 Å². The van der Waals surface area contributed by atoms with Gasteiger partial charge in [-0.3, -0.25) is 14.8 Å². The van der Waals surface area contributed by atoms with Crippen LogP contribution in [0.3, 0.4) is 0 Å². The molecule has 1 aromatic carbocycles. The third-order valence-corrected chi connectivity index (χ3v) is 2.49. The lowest BCUT2D eigenvalue weighted by molar-refractivity contribution is -0.384. The molecule has 0 amide bonds. The summed E-state index contributed by atoms with van der Waals surface area (Å²) >= 11 is 0. The van der Waals surface area contributed by atoms with Gasteiger partial charge in [0.2, 0.25) is 0 Å². The summed E-state index contributed by atoms with van der Waals surface area (Å²) in [7, 11) is 0. The Kier molecular flexibility index (Phi) is 2.95. The van der Waals surface area contributed by atoms with Crippen LogP contribution in [0.2, 0.25) is 0 Å². The molecule has 0 aliphatic carbocycles. The fourth-order valence-corrected chi connectivity index (χ4v) is 1.75. The zero-order valence-electron chi connectivity index (χ0n) is 9.57. The number of nitro groups is 1. The third-order valence-electron chi connectivity index (χ3n) is 2.49. The Labute approximate surface area is 102 Å². The highest BCUT2D eigenvalue weighted by Gasteiger charge is 2.15. The number of fused-ring (bicyclic) bond motifs is 1. The molecule has 0 aliphatic heterocycles. The van der Waals surface area contributed by atoms with Gasteiger partial charge in [0.25, 0.3) is 5.69 Å². The first kappa shape index (κ1) is 12.0. The summed E-state index contributed by atoms with van der Waals surface area (Å²) in [5, 5.41) is 33.4. The molecule has 92 valence electrons. The van der Waals surface area contributed by atoms with E-state index in [0.717, 1.165) is 0 Å². The van der Waals surface area contributed by atoms with E-state index in [1.54, 1.807) is 6.92 Å². The number of aliphatic hydroxyl groups excluding tert-OH is 1. The molecule has 0 fully saturated rings. The molecule has 0 spiro atoms. The van der Waals surface area contributed by atoms with Gasteiger partial charge in [-0.2, -0.15) is 10.4 Å². The van der Waals surface area contributed by atoms with Crippen molar-refractivity contribution in [2.45, 2.75) is 19.6 Å². The Morgan fingerprint density at radius 3 is 2.94 bits per heavy atom. The molecule has 0 saturated carbocycles. The minimum absolute atomic E-state index is 0.0874. The topological polar surface area (TPSA) is 105 Å². The SMILES string of the molecule is CC(O)Cn1nc(C#N)c2cc([N+](=O)[O-])ccc21. The standard InChI is InChI=1S/C11H10N4O3/c1-7(16)6-14-11-3-2-8(15(17)18)4-9(11)10(5-12)13-14/h2-4,7,16H,6H2,1H3. The van der Waals surface area contributed by atoms with Crippen LogP contribution in [-0.2, 0) is 6.54 Å². The van der Waals surface area contributed by atoms with Crippen molar-refractivity contribution in [2.24, 2.45) is 0 Å². The molecule has 7 heteroatoms. The molecule has 1 unspecified atom stereocenters. The fraction of sp³-hybridized carbons (Fsp3) is 0.273. The van der Waals surface area contributed by atoms with Crippen molar-refractivity contribution in [1.29, 1.82) is 5.26 Å². The van der Waals surface area contributed by atoms with Crippen LogP contribution < -0.4 is 0 Å². The van der Waals surface area contributed by atoms with Gasteiger partial charge in [-0.25, -0.2) is 0 Å². The minimum Gasteiger partial charge on any atom is -0.391 e. The Hall–Kier alpha value is -2.46. The van der Waals surface area contributed by atoms with E-state index < -0.39 is 11.0 Å². The molecule has 0 radical (unpaired) electrons. The van der Waals surface area contributed by atoms with Crippen molar-refractivity contribution in [3.8, 4) is 6.07 Å². The maximum Gasteiger partial charge on any atom is 0.270 e. The van der Waals surface area contributed by atoms with Crippen molar-refractivity contribution in [3.63, 3.8) is 0 Å². The van der Waals surface area contributed by atoms with E-state index in [-0.39, 0.29) is 17.9 Å². The van der Waals surface area contributed by atoms with Gasteiger partial charge < -0.3 is 5.11 Å². The van der Waals surface area contributed by atoms with E-state index in [1.807, 2.05) is 6.07 Å². The Bertz CT molecular complexity index is 654.